The van der Waals surface area contributed by atoms with E-state index in [9.17, 15) is 18.0 Å². The molecular weight excluding hydrogens is 410 g/mol. The largest absolute Gasteiger partial charge is 0.454 e. The molecule has 1 saturated heterocycles. The molecule has 0 N–H and O–H groups in total. The van der Waals surface area contributed by atoms with E-state index >= 15 is 0 Å². The lowest BCUT2D eigenvalue weighted by molar-refractivity contribution is -0.151. The highest BCUT2D eigenvalue weighted by Gasteiger charge is 2.30. The summed E-state index contributed by atoms with van der Waals surface area (Å²) in [7, 11) is -1.94. The van der Waals surface area contributed by atoms with Crippen molar-refractivity contribution >= 4 is 27.8 Å². The number of rotatable bonds is 7. The van der Waals surface area contributed by atoms with E-state index in [1.807, 2.05) is 0 Å². The molecule has 0 radical (unpaired) electrons. The first kappa shape index (κ1) is 21.7. The lowest BCUT2D eigenvalue weighted by Gasteiger charge is -2.33. The average Bonchev–Trinajstić information content (AvgIpc) is 2.78. The molecular formula is C19H23N5O5S. The minimum Gasteiger partial charge on any atom is -0.454 e. The molecule has 2 aromatic rings. The molecule has 0 saturated carbocycles. The Hall–Kier alpha value is -3.05. The van der Waals surface area contributed by atoms with Gasteiger partial charge in [0.15, 0.2) is 6.61 Å². The van der Waals surface area contributed by atoms with Gasteiger partial charge < -0.3 is 14.5 Å². The maximum atomic E-state index is 12.6. The summed E-state index contributed by atoms with van der Waals surface area (Å²) in [6.07, 6.45) is 3.12. The number of aromatic nitrogens is 2. The van der Waals surface area contributed by atoms with Crippen LogP contribution in [0.15, 0.2) is 53.7 Å². The summed E-state index contributed by atoms with van der Waals surface area (Å²) < 4.78 is 31.7. The third kappa shape index (κ3) is 5.30. The standard InChI is InChI=1S/C19H23N5O5S/c1-22(19-20-8-5-9-21-19)14-18(26)29-15-17(25)23-10-12-24(13-11-23)30(27,28)16-6-3-2-4-7-16/h2-9H,10-15H2,1H3. The summed E-state index contributed by atoms with van der Waals surface area (Å²) in [6.45, 7) is 0.352. The van der Waals surface area contributed by atoms with Gasteiger partial charge in [-0.2, -0.15) is 4.31 Å². The van der Waals surface area contributed by atoms with Crippen LogP contribution < -0.4 is 4.90 Å². The maximum Gasteiger partial charge on any atom is 0.326 e. The number of nitrogens with zero attached hydrogens (tertiary/aromatic N) is 5. The fourth-order valence-corrected chi connectivity index (χ4v) is 4.39. The van der Waals surface area contributed by atoms with Crippen LogP contribution in [0.3, 0.4) is 0 Å². The van der Waals surface area contributed by atoms with Crippen LogP contribution in [-0.4, -0.2) is 85.8 Å². The van der Waals surface area contributed by atoms with Gasteiger partial charge in [0.1, 0.15) is 6.54 Å². The number of hydrogen-bond acceptors (Lipinski definition) is 8. The van der Waals surface area contributed by atoms with Gasteiger partial charge in [0.25, 0.3) is 5.91 Å². The molecule has 2 heterocycles. The monoisotopic (exact) mass is 433 g/mol. The van der Waals surface area contributed by atoms with Gasteiger partial charge in [0, 0.05) is 45.6 Å². The molecule has 0 atom stereocenters. The van der Waals surface area contributed by atoms with Crippen molar-refractivity contribution in [1.82, 2.24) is 19.2 Å². The molecule has 1 aromatic carbocycles. The van der Waals surface area contributed by atoms with Crippen molar-refractivity contribution < 1.29 is 22.7 Å². The molecule has 3 rings (SSSR count). The van der Waals surface area contributed by atoms with Crippen LogP contribution in [0.5, 0.6) is 0 Å². The molecule has 0 unspecified atom stereocenters. The van der Waals surface area contributed by atoms with Crippen LogP contribution in [0.25, 0.3) is 0 Å². The molecule has 0 aliphatic carbocycles. The van der Waals surface area contributed by atoms with Gasteiger partial charge >= 0.3 is 5.97 Å². The van der Waals surface area contributed by atoms with E-state index in [1.54, 1.807) is 55.8 Å². The van der Waals surface area contributed by atoms with Crippen LogP contribution in [0.4, 0.5) is 5.95 Å². The van der Waals surface area contributed by atoms with Gasteiger partial charge in [0.05, 0.1) is 4.90 Å². The number of piperazine rings is 1. The third-order valence-electron chi connectivity index (χ3n) is 4.59. The molecule has 10 nitrogen and oxygen atoms in total. The number of carbonyl (C=O) groups excluding carboxylic acids is 2. The minimum absolute atomic E-state index is 0.0968. The highest BCUT2D eigenvalue weighted by molar-refractivity contribution is 7.89. The molecule has 160 valence electrons. The summed E-state index contributed by atoms with van der Waals surface area (Å²) in [4.78, 5) is 35.6. The van der Waals surface area contributed by atoms with Gasteiger partial charge in [-0.3, -0.25) is 9.59 Å². The van der Waals surface area contributed by atoms with E-state index < -0.39 is 22.6 Å². The van der Waals surface area contributed by atoms with Crippen molar-refractivity contribution in [2.45, 2.75) is 4.90 Å². The van der Waals surface area contributed by atoms with Crippen molar-refractivity contribution in [3.8, 4) is 0 Å². The molecule has 1 aliphatic heterocycles. The lowest BCUT2D eigenvalue weighted by atomic mass is 10.3. The van der Waals surface area contributed by atoms with E-state index in [1.165, 1.54) is 14.1 Å². The Balaban J connectivity index is 1.45. The van der Waals surface area contributed by atoms with Gasteiger partial charge in [-0.05, 0) is 18.2 Å². The summed E-state index contributed by atoms with van der Waals surface area (Å²) in [5.74, 6) is -0.571. The van der Waals surface area contributed by atoms with Crippen LogP contribution in [-0.2, 0) is 24.3 Å². The smallest absolute Gasteiger partial charge is 0.326 e. The zero-order valence-corrected chi connectivity index (χ0v) is 17.4. The lowest BCUT2D eigenvalue weighted by Crippen LogP contribution is -2.51. The van der Waals surface area contributed by atoms with Gasteiger partial charge in [-0.25, -0.2) is 18.4 Å². The van der Waals surface area contributed by atoms with Crippen LogP contribution in [0, 0.1) is 0 Å². The zero-order valence-electron chi connectivity index (χ0n) is 16.5. The molecule has 11 heteroatoms. The topological polar surface area (TPSA) is 113 Å². The normalized spacial score (nSPS) is 14.9. The summed E-state index contributed by atoms with van der Waals surface area (Å²) in [5.41, 5.74) is 0. The predicted molar refractivity (Wildman–Crippen MR) is 108 cm³/mol. The Kier molecular flexibility index (Phi) is 6.95. The highest BCUT2D eigenvalue weighted by Crippen LogP contribution is 2.17. The summed E-state index contributed by atoms with van der Waals surface area (Å²) in [6, 6.07) is 9.85. The fraction of sp³-hybridized carbons (Fsp3) is 0.368. The minimum atomic E-state index is -3.58. The Morgan fingerprint density at radius 2 is 1.67 bits per heavy atom. The van der Waals surface area contributed by atoms with Crippen molar-refractivity contribution in [2.24, 2.45) is 0 Å². The summed E-state index contributed by atoms with van der Waals surface area (Å²) >= 11 is 0. The highest BCUT2D eigenvalue weighted by atomic mass is 32.2. The van der Waals surface area contributed by atoms with E-state index in [4.69, 9.17) is 4.74 Å². The Labute approximate surface area is 175 Å². The first-order valence-electron chi connectivity index (χ1n) is 9.34. The number of amides is 1. The molecule has 30 heavy (non-hydrogen) atoms. The van der Waals surface area contributed by atoms with Crippen molar-refractivity contribution in [3.05, 3.63) is 48.8 Å². The number of likely N-dealkylation sites (N-methyl/N-ethyl adjacent to an activating group) is 1. The predicted octanol–water partition coefficient (Wildman–Crippen LogP) is -0.0109. The van der Waals surface area contributed by atoms with Crippen molar-refractivity contribution in [1.29, 1.82) is 0 Å². The number of sulfonamides is 1. The van der Waals surface area contributed by atoms with E-state index in [0.29, 0.717) is 5.95 Å². The second-order valence-electron chi connectivity index (χ2n) is 6.66. The van der Waals surface area contributed by atoms with Crippen molar-refractivity contribution in [3.63, 3.8) is 0 Å². The number of ether oxygens (including phenoxy) is 1. The van der Waals surface area contributed by atoms with E-state index in [2.05, 4.69) is 9.97 Å². The average molecular weight is 433 g/mol. The Morgan fingerprint density at radius 3 is 2.30 bits per heavy atom. The van der Waals surface area contributed by atoms with Crippen molar-refractivity contribution in [2.75, 3.05) is 51.3 Å². The summed E-state index contributed by atoms with van der Waals surface area (Å²) in [5, 5.41) is 0. The number of hydrogen-bond donors (Lipinski definition) is 0. The molecule has 1 fully saturated rings. The van der Waals surface area contributed by atoms with Gasteiger partial charge in [0.2, 0.25) is 16.0 Å². The maximum absolute atomic E-state index is 12.6. The second kappa shape index (κ2) is 9.63. The first-order chi connectivity index (χ1) is 14.4. The number of anilines is 1. The van der Waals surface area contributed by atoms with Crippen LogP contribution in [0.2, 0.25) is 0 Å². The molecule has 1 aromatic heterocycles. The quantitative estimate of drug-likeness (QED) is 0.561. The molecule has 1 aliphatic rings. The first-order valence-corrected chi connectivity index (χ1v) is 10.8. The number of carbonyl (C=O) groups is 2. The second-order valence-corrected chi connectivity index (χ2v) is 8.60. The molecule has 0 spiro atoms. The van der Waals surface area contributed by atoms with E-state index in [-0.39, 0.29) is 43.5 Å². The molecule has 1 amide bonds. The molecule has 0 bridgehead atoms. The van der Waals surface area contributed by atoms with Crippen LogP contribution in [0.1, 0.15) is 0 Å². The fourth-order valence-electron chi connectivity index (χ4n) is 2.95. The SMILES string of the molecule is CN(CC(=O)OCC(=O)N1CCN(S(=O)(=O)c2ccccc2)CC1)c1ncccn1. The Bertz CT molecular complexity index is 963. The van der Waals surface area contributed by atoms with Crippen LogP contribution >= 0.6 is 0 Å². The van der Waals surface area contributed by atoms with E-state index in [0.717, 1.165) is 0 Å². The third-order valence-corrected chi connectivity index (χ3v) is 6.50. The number of benzene rings is 1. The van der Waals surface area contributed by atoms with Gasteiger partial charge in [-0.15, -0.1) is 0 Å². The number of esters is 1. The van der Waals surface area contributed by atoms with Gasteiger partial charge in [-0.1, -0.05) is 18.2 Å². The Morgan fingerprint density at radius 1 is 1.03 bits per heavy atom. The zero-order chi connectivity index (χ0) is 21.6.